The SMILES string of the molecule is CCCCCCCCCCCCCCCCCCOC(=O)c1ccc(O)c(S(=O)(=O)c2cc(C(=O)OCCCCCCCCCCCCCCCCCC)ccc2O)c1. The molecule has 0 fully saturated rings. The Kier molecular flexibility index (Phi) is 29.7. The topological polar surface area (TPSA) is 127 Å². The summed E-state index contributed by atoms with van der Waals surface area (Å²) < 4.78 is 38.1. The van der Waals surface area contributed by atoms with Crippen molar-refractivity contribution in [2.24, 2.45) is 0 Å². The van der Waals surface area contributed by atoms with E-state index in [1.165, 1.54) is 166 Å². The Morgan fingerprint density at radius 1 is 0.407 bits per heavy atom. The van der Waals surface area contributed by atoms with Crippen molar-refractivity contribution in [3.63, 3.8) is 0 Å². The predicted molar refractivity (Wildman–Crippen MR) is 241 cm³/mol. The summed E-state index contributed by atoms with van der Waals surface area (Å²) in [6, 6.07) is 6.93. The van der Waals surface area contributed by atoms with Gasteiger partial charge in [-0.25, -0.2) is 18.0 Å². The number of phenolic OH excluding ortho intramolecular Hbond substituents is 2. The van der Waals surface area contributed by atoms with Gasteiger partial charge in [-0.05, 0) is 49.2 Å². The molecule has 2 N–H and O–H groups in total. The maximum atomic E-state index is 13.7. The lowest BCUT2D eigenvalue weighted by Gasteiger charge is -2.12. The van der Waals surface area contributed by atoms with Crippen molar-refractivity contribution in [3.8, 4) is 11.5 Å². The number of ether oxygens (including phenoxy) is 2. The maximum absolute atomic E-state index is 13.7. The van der Waals surface area contributed by atoms with Crippen molar-refractivity contribution < 1.29 is 37.7 Å². The summed E-state index contributed by atoms with van der Waals surface area (Å²) in [7, 11) is -4.53. The quantitative estimate of drug-likeness (QED) is 0.0505. The number of hydrogen-bond donors (Lipinski definition) is 2. The summed E-state index contributed by atoms with van der Waals surface area (Å²) >= 11 is 0. The van der Waals surface area contributed by atoms with Crippen LogP contribution < -0.4 is 0 Å². The van der Waals surface area contributed by atoms with Crippen LogP contribution in [0.4, 0.5) is 0 Å². The molecule has 8 nitrogen and oxygen atoms in total. The maximum Gasteiger partial charge on any atom is 0.338 e. The number of carbonyl (C=O) groups excluding carboxylic acids is 2. The lowest BCUT2D eigenvalue weighted by atomic mass is 10.0. The molecule has 0 radical (unpaired) electrons. The second-order valence-corrected chi connectivity index (χ2v) is 18.6. The Morgan fingerprint density at radius 3 is 0.898 bits per heavy atom. The number of phenols is 2. The van der Waals surface area contributed by atoms with Crippen LogP contribution in [0.15, 0.2) is 46.2 Å². The van der Waals surface area contributed by atoms with Crippen molar-refractivity contribution >= 4 is 21.8 Å². The number of aromatic hydroxyl groups is 2. The Hall–Kier alpha value is -3.07. The van der Waals surface area contributed by atoms with Gasteiger partial charge in [0.25, 0.3) is 0 Å². The highest BCUT2D eigenvalue weighted by atomic mass is 32.2. The van der Waals surface area contributed by atoms with Crippen molar-refractivity contribution in [2.75, 3.05) is 13.2 Å². The molecule has 0 aliphatic rings. The van der Waals surface area contributed by atoms with Gasteiger partial charge in [-0.15, -0.1) is 0 Å². The van der Waals surface area contributed by atoms with Gasteiger partial charge in [-0.1, -0.05) is 206 Å². The third kappa shape index (κ3) is 23.5. The largest absolute Gasteiger partial charge is 0.507 e. The molecule has 0 atom stereocenters. The molecule has 59 heavy (non-hydrogen) atoms. The minimum absolute atomic E-state index is 0.0354. The van der Waals surface area contributed by atoms with Gasteiger partial charge in [0.15, 0.2) is 0 Å². The summed E-state index contributed by atoms with van der Waals surface area (Å²) in [4.78, 5) is 24.5. The lowest BCUT2D eigenvalue weighted by Crippen LogP contribution is -2.11. The smallest absolute Gasteiger partial charge is 0.338 e. The first-order valence-corrected chi connectivity index (χ1v) is 25.5. The number of benzene rings is 2. The number of unbranched alkanes of at least 4 members (excludes halogenated alkanes) is 30. The van der Waals surface area contributed by atoms with Crippen molar-refractivity contribution in [1.29, 1.82) is 0 Å². The fourth-order valence-electron chi connectivity index (χ4n) is 7.63. The average molecular weight is 843 g/mol. The van der Waals surface area contributed by atoms with Crippen LogP contribution in [-0.4, -0.2) is 43.8 Å². The van der Waals surface area contributed by atoms with Gasteiger partial charge in [0.05, 0.1) is 24.3 Å². The molecule has 0 saturated heterocycles. The van der Waals surface area contributed by atoms with E-state index in [0.717, 1.165) is 62.8 Å². The fraction of sp³-hybridized carbons (Fsp3) is 0.720. The molecule has 2 aromatic rings. The van der Waals surface area contributed by atoms with Crippen LogP contribution in [0.25, 0.3) is 0 Å². The molecule has 0 aliphatic carbocycles. The highest BCUT2D eigenvalue weighted by Crippen LogP contribution is 2.35. The minimum atomic E-state index is -4.53. The van der Waals surface area contributed by atoms with E-state index >= 15 is 0 Å². The van der Waals surface area contributed by atoms with Crippen LogP contribution in [0.2, 0.25) is 0 Å². The second-order valence-electron chi connectivity index (χ2n) is 16.7. The van der Waals surface area contributed by atoms with E-state index in [1.807, 2.05) is 0 Å². The zero-order valence-corrected chi connectivity index (χ0v) is 38.1. The van der Waals surface area contributed by atoms with Gasteiger partial charge in [0.2, 0.25) is 9.84 Å². The minimum Gasteiger partial charge on any atom is -0.507 e. The molecular formula is C50H82O8S. The number of esters is 2. The van der Waals surface area contributed by atoms with E-state index < -0.39 is 43.1 Å². The molecule has 0 unspecified atom stereocenters. The number of sulfone groups is 1. The average Bonchev–Trinajstić information content (AvgIpc) is 3.23. The van der Waals surface area contributed by atoms with Crippen molar-refractivity contribution in [3.05, 3.63) is 47.5 Å². The molecule has 9 heteroatoms. The first-order chi connectivity index (χ1) is 28.7. The summed E-state index contributed by atoms with van der Waals surface area (Å²) in [5.41, 5.74) is -0.0709. The van der Waals surface area contributed by atoms with Crippen LogP contribution in [0.5, 0.6) is 11.5 Å². The monoisotopic (exact) mass is 843 g/mol. The molecular weight excluding hydrogens is 761 g/mol. The number of rotatable bonds is 38. The molecule has 0 spiro atoms. The van der Waals surface area contributed by atoms with Gasteiger partial charge < -0.3 is 19.7 Å². The van der Waals surface area contributed by atoms with Crippen LogP contribution in [0, 0.1) is 0 Å². The highest BCUT2D eigenvalue weighted by molar-refractivity contribution is 7.91. The van der Waals surface area contributed by atoms with Gasteiger partial charge >= 0.3 is 11.9 Å². The molecule has 336 valence electrons. The predicted octanol–water partition coefficient (Wildman–Crippen LogP) is 14.8. The molecule has 2 rings (SSSR count). The Labute approximate surface area is 359 Å². The van der Waals surface area contributed by atoms with Crippen LogP contribution >= 0.6 is 0 Å². The summed E-state index contributed by atoms with van der Waals surface area (Å²) in [6.45, 7) is 4.94. The van der Waals surface area contributed by atoms with Gasteiger partial charge in [-0.3, -0.25) is 0 Å². The van der Waals surface area contributed by atoms with E-state index in [0.29, 0.717) is 12.8 Å². The lowest BCUT2D eigenvalue weighted by molar-refractivity contribution is 0.0488. The van der Waals surface area contributed by atoms with Gasteiger partial charge in [0.1, 0.15) is 21.3 Å². The Morgan fingerprint density at radius 2 is 0.644 bits per heavy atom. The fourth-order valence-corrected chi connectivity index (χ4v) is 9.12. The first-order valence-electron chi connectivity index (χ1n) is 24.0. The summed E-state index contributed by atoms with van der Waals surface area (Å²) in [6.07, 6.45) is 39.8. The van der Waals surface area contributed by atoms with E-state index in [4.69, 9.17) is 9.47 Å². The van der Waals surface area contributed by atoms with E-state index in [2.05, 4.69) is 13.8 Å². The van der Waals surface area contributed by atoms with Crippen LogP contribution in [0.3, 0.4) is 0 Å². The van der Waals surface area contributed by atoms with Crippen LogP contribution in [0.1, 0.15) is 240 Å². The second kappa shape index (κ2) is 33.6. The van der Waals surface area contributed by atoms with Crippen molar-refractivity contribution in [2.45, 2.75) is 229 Å². The van der Waals surface area contributed by atoms with E-state index in [-0.39, 0.29) is 24.3 Å². The molecule has 2 aromatic carbocycles. The first kappa shape index (κ1) is 52.1. The zero-order chi connectivity index (χ0) is 42.8. The van der Waals surface area contributed by atoms with Gasteiger partial charge in [0, 0.05) is 0 Å². The third-order valence-corrected chi connectivity index (χ3v) is 13.2. The Bertz CT molecular complexity index is 1400. The number of carbonyl (C=O) groups is 2. The number of hydrogen-bond acceptors (Lipinski definition) is 8. The third-order valence-electron chi connectivity index (χ3n) is 11.4. The zero-order valence-electron chi connectivity index (χ0n) is 37.3. The van der Waals surface area contributed by atoms with Crippen molar-refractivity contribution in [1.82, 2.24) is 0 Å². The summed E-state index contributed by atoms with van der Waals surface area (Å²) in [5.74, 6) is -2.57. The van der Waals surface area contributed by atoms with E-state index in [9.17, 15) is 28.2 Å². The standard InChI is InChI=1S/C50H82O8S/c1-3-5-7-9-11-13-15-17-19-21-23-25-27-29-31-33-39-57-49(53)43-35-37-45(51)47(41-43)59(55,56)48-42-44(36-38-46(48)52)50(54)58-40-34-32-30-28-26-24-22-20-18-16-14-12-10-8-6-4-2/h35-38,41-42,51-52H,3-34,39-40H2,1-2H3. The van der Waals surface area contributed by atoms with E-state index in [1.54, 1.807) is 0 Å². The molecule has 0 aliphatic heterocycles. The molecule has 0 bridgehead atoms. The Balaban J connectivity index is 1.66. The molecule has 0 amide bonds. The molecule has 0 aromatic heterocycles. The normalized spacial score (nSPS) is 11.6. The summed E-state index contributed by atoms with van der Waals surface area (Å²) in [5, 5.41) is 21.1. The highest BCUT2D eigenvalue weighted by Gasteiger charge is 2.28. The molecule has 0 heterocycles. The molecule has 0 saturated carbocycles. The van der Waals surface area contributed by atoms with Gasteiger partial charge in [-0.2, -0.15) is 0 Å². The van der Waals surface area contributed by atoms with Crippen LogP contribution in [-0.2, 0) is 19.3 Å².